The van der Waals surface area contributed by atoms with Crippen molar-refractivity contribution in [3.05, 3.63) is 284 Å². The van der Waals surface area contributed by atoms with Gasteiger partial charge in [-0.05, 0) is 238 Å². The molecule has 6 heterocycles. The van der Waals surface area contributed by atoms with Crippen LogP contribution in [0.25, 0.3) is 93.6 Å². The summed E-state index contributed by atoms with van der Waals surface area (Å²) in [6, 6.07) is 93.7. The summed E-state index contributed by atoms with van der Waals surface area (Å²) >= 11 is 12.7. The molecule has 3 aliphatic rings. The molecule has 9 nitrogen and oxygen atoms in total. The number of hydrogen-bond acceptors (Lipinski definition) is 6. The van der Waals surface area contributed by atoms with E-state index in [1.807, 2.05) is 79.7 Å². The summed E-state index contributed by atoms with van der Waals surface area (Å²) in [6.45, 7) is 24.6. The maximum absolute atomic E-state index is 6.29. The van der Waals surface area contributed by atoms with Crippen LogP contribution in [0.5, 0.6) is 0 Å². The number of hydrogen-bond donors (Lipinski definition) is 0. The Labute approximate surface area is 644 Å². The van der Waals surface area contributed by atoms with Crippen LogP contribution in [0.15, 0.2) is 280 Å². The van der Waals surface area contributed by atoms with Crippen LogP contribution in [-0.4, -0.2) is 85.3 Å². The second kappa shape index (κ2) is 30.6. The fourth-order valence-corrected chi connectivity index (χ4v) is 14.1. The van der Waals surface area contributed by atoms with E-state index in [4.69, 9.17) is 27.9 Å². The van der Waals surface area contributed by atoms with Crippen LogP contribution in [0.3, 0.4) is 0 Å². The van der Waals surface area contributed by atoms with Gasteiger partial charge in [0.15, 0.2) is 0 Å². The van der Waals surface area contributed by atoms with Crippen molar-refractivity contribution in [2.45, 2.75) is 117 Å². The molecule has 0 bridgehead atoms. The van der Waals surface area contributed by atoms with Crippen LogP contribution in [0.1, 0.15) is 83.1 Å². The van der Waals surface area contributed by atoms with E-state index in [0.29, 0.717) is 0 Å². The number of nitrogens with zero attached hydrogens (tertiary/aromatic N) is 3. The van der Waals surface area contributed by atoms with E-state index in [-0.39, 0.29) is 57.6 Å². The molecule has 0 N–H and O–H groups in total. The summed E-state index contributed by atoms with van der Waals surface area (Å²) in [6.07, 6.45) is 0. The first kappa shape index (κ1) is 76.2. The Morgan fingerprint density at radius 3 is 0.951 bits per heavy atom. The molecular weight excluding hydrogens is 1570 g/mol. The summed E-state index contributed by atoms with van der Waals surface area (Å²) in [5.41, 5.74) is 12.2. The minimum atomic E-state index is -0.476. The summed E-state index contributed by atoms with van der Waals surface area (Å²) in [5.74, 6) is 0. The van der Waals surface area contributed by atoms with Crippen molar-refractivity contribution in [1.29, 1.82) is 0 Å². The van der Waals surface area contributed by atoms with E-state index in [2.05, 4.69) is 354 Å². The average molecular weight is 1650 g/mol. The number of fused-ring (bicyclic) bond motifs is 9. The molecule has 515 valence electrons. The lowest BCUT2D eigenvalue weighted by atomic mass is 9.49. The van der Waals surface area contributed by atoms with E-state index in [1.165, 1.54) is 91.5 Å². The number of benzene rings is 11. The van der Waals surface area contributed by atoms with Crippen molar-refractivity contribution in [2.75, 3.05) is 0 Å². The Bertz CT molecular complexity index is 5150. The smallest absolute Gasteiger partial charge is 0.405 e. The molecule has 0 saturated carbocycles. The van der Waals surface area contributed by atoms with E-state index in [0.717, 1.165) is 24.6 Å². The van der Waals surface area contributed by atoms with Gasteiger partial charge in [0.05, 0.1) is 66.7 Å². The normalized spacial score (nSPS) is 16.5. The standard InChI is InChI=1S/C24H24BNO2.C24H16BrN.C18H12BrN.C12H24B2O4.C6H4BrI.BH4.B/c1-23(2)24(3,4)28-25(27-23)17-14-15-20-19-12-8-9-13-21(19)26(22(20)16-17)18-10-6-5-7-11-18;25-19-13-10-17(11-14-19)18-12-15-22-21-8-4-5-9-23(21)26(24(22)16-18)20-6-2-1-3-7-20;19-13-10-11-16-15-8-4-5-9-17(15)20(18(16)12-13)14-6-2-1-3-7-14;1-9(2)10(3,4)16-13(15-9)14-17-11(5,6)12(7,8)18-14;7-5-1-3-6(8)4-2-5;;/h5-16H,1-4H3;1-16H;1-12H;1-8H3;1-4H;1H4;/q;;;;;-1;. The number of halogens is 4. The number of rotatable bonds is 6. The largest absolute Gasteiger partial charge is 0.494 e. The first-order valence-corrected chi connectivity index (χ1v) is 37.3. The fraction of sp³-hybridized carbons (Fsp3) is 0.214. The Kier molecular flexibility index (Phi) is 22.9. The van der Waals surface area contributed by atoms with Crippen LogP contribution < -0.4 is 5.46 Å². The molecule has 3 radical (unpaired) electrons. The van der Waals surface area contributed by atoms with Crippen LogP contribution >= 0.6 is 70.4 Å². The molecule has 3 fully saturated rings. The quantitative estimate of drug-likeness (QED) is 0.122. The number of para-hydroxylation sites is 6. The first-order chi connectivity index (χ1) is 47.7. The second-order valence-electron chi connectivity index (χ2n) is 28.5. The molecule has 3 aliphatic heterocycles. The van der Waals surface area contributed by atoms with Crippen LogP contribution in [-0.2, 0) is 27.9 Å². The van der Waals surface area contributed by atoms with Crippen LogP contribution in [0, 0.1) is 3.57 Å². The molecule has 0 aliphatic carbocycles. The third kappa shape index (κ3) is 15.4. The zero-order chi connectivity index (χ0) is 70.5. The maximum atomic E-state index is 6.29. The van der Waals surface area contributed by atoms with Crippen LogP contribution in [0.4, 0.5) is 0 Å². The molecule has 0 spiro atoms. The van der Waals surface area contributed by atoms with Crippen molar-refractivity contribution in [3.8, 4) is 28.2 Å². The third-order valence-corrected chi connectivity index (χ3v) is 22.6. The van der Waals surface area contributed by atoms with Gasteiger partial charge >= 0.3 is 21.1 Å². The van der Waals surface area contributed by atoms with Crippen molar-refractivity contribution in [2.24, 2.45) is 0 Å². The van der Waals surface area contributed by atoms with Gasteiger partial charge < -0.3 is 41.6 Å². The van der Waals surface area contributed by atoms with Gasteiger partial charge in [0.1, 0.15) is 0 Å². The Morgan fingerprint density at radius 1 is 0.284 bits per heavy atom. The minimum absolute atomic E-state index is 0. The fourth-order valence-electron chi connectivity index (χ4n) is 12.8. The lowest BCUT2D eigenvalue weighted by Crippen LogP contribution is -2.41. The Morgan fingerprint density at radius 2 is 0.569 bits per heavy atom. The molecule has 0 atom stereocenters. The predicted octanol–water partition coefficient (Wildman–Crippen LogP) is 21.3. The molecule has 18 heteroatoms. The van der Waals surface area contributed by atoms with Gasteiger partial charge in [0.25, 0.3) is 0 Å². The van der Waals surface area contributed by atoms with Crippen molar-refractivity contribution >= 4 is 179 Å². The molecule has 14 aromatic rings. The lowest BCUT2D eigenvalue weighted by Gasteiger charge is -2.32. The average Bonchev–Trinajstić information content (AvgIpc) is 1.61. The lowest BCUT2D eigenvalue weighted by molar-refractivity contribution is 0.00578. The Balaban J connectivity index is 0.000000132. The second-order valence-corrected chi connectivity index (χ2v) is 32.5. The van der Waals surface area contributed by atoms with Crippen molar-refractivity contribution in [3.63, 3.8) is 0 Å². The van der Waals surface area contributed by atoms with E-state index in [9.17, 15) is 0 Å². The topological polar surface area (TPSA) is 70.2 Å². The van der Waals surface area contributed by atoms with Gasteiger partial charge in [-0.15, -0.1) is 0 Å². The minimum Gasteiger partial charge on any atom is -0.405 e. The van der Waals surface area contributed by atoms with Gasteiger partial charge in [0.2, 0.25) is 0 Å². The molecule has 3 saturated heterocycles. The maximum Gasteiger partial charge on any atom is 0.494 e. The molecule has 0 unspecified atom stereocenters. The zero-order valence-electron chi connectivity index (χ0n) is 59.0. The highest BCUT2D eigenvalue weighted by Gasteiger charge is 2.64. The summed E-state index contributed by atoms with van der Waals surface area (Å²) in [5, 5.41) is 7.63. The molecule has 102 heavy (non-hydrogen) atoms. The van der Waals surface area contributed by atoms with Crippen LogP contribution in [0.2, 0.25) is 0 Å². The monoisotopic (exact) mass is 1650 g/mol. The molecule has 3 aromatic heterocycles. The summed E-state index contributed by atoms with van der Waals surface area (Å²) < 4.78 is 48.0. The highest BCUT2D eigenvalue weighted by Crippen LogP contribution is 2.44. The van der Waals surface area contributed by atoms with Gasteiger partial charge in [-0.1, -0.05) is 208 Å². The summed E-state index contributed by atoms with van der Waals surface area (Å²) in [4.78, 5) is 0. The van der Waals surface area contributed by atoms with Gasteiger partial charge in [-0.25, -0.2) is 0 Å². The number of aromatic nitrogens is 3. The molecule has 17 rings (SSSR count). The van der Waals surface area contributed by atoms with Gasteiger partial charge in [0, 0.05) is 74.8 Å². The van der Waals surface area contributed by atoms with Crippen molar-refractivity contribution in [1.82, 2.24) is 13.7 Å². The highest BCUT2D eigenvalue weighted by atomic mass is 127. The van der Waals surface area contributed by atoms with Gasteiger partial charge in [-0.2, -0.15) is 0 Å². The Hall–Kier alpha value is -6.93. The van der Waals surface area contributed by atoms with Gasteiger partial charge in [-0.3, -0.25) is 0 Å². The molecule has 11 aromatic carbocycles. The van der Waals surface area contributed by atoms with E-state index >= 15 is 0 Å². The SMILES string of the molecule is Brc1ccc(-c2ccc3c4ccccc4n(-c4ccccc4)c3c2)cc1.Brc1ccc(I)cc1.Brc1ccc2c3ccccc3n(-c3ccccc3)c2c1.CC1(C)OB(B2OC(C)(C)C(C)(C)O2)OC1(C)C.CC1(C)OB(c2ccc3c4ccccc4n(-c4ccccc4)c3c2)OC1(C)C.[BH4-].[B]. The third-order valence-electron chi connectivity index (χ3n) is 20.3. The summed E-state index contributed by atoms with van der Waals surface area (Å²) in [7, 11) is -1.32. The molecular formula is C84H84B5Br3IN3O6-. The highest BCUT2D eigenvalue weighted by molar-refractivity contribution is 14.1. The zero-order valence-corrected chi connectivity index (χ0v) is 65.9. The molecule has 0 amide bonds. The van der Waals surface area contributed by atoms with E-state index in [1.54, 1.807) is 0 Å². The van der Waals surface area contributed by atoms with Crippen molar-refractivity contribution < 1.29 is 27.9 Å². The van der Waals surface area contributed by atoms with E-state index < -0.39 is 14.0 Å². The first-order valence-electron chi connectivity index (χ1n) is 33.9. The predicted molar refractivity (Wildman–Crippen MR) is 455 cm³/mol.